The van der Waals surface area contributed by atoms with Gasteiger partial charge in [0.25, 0.3) is 0 Å². The van der Waals surface area contributed by atoms with Crippen molar-refractivity contribution in [2.75, 3.05) is 30.4 Å². The van der Waals surface area contributed by atoms with Gasteiger partial charge in [-0.2, -0.15) is 5.10 Å². The van der Waals surface area contributed by atoms with Gasteiger partial charge >= 0.3 is 6.03 Å². The number of pyridine rings is 1. The second-order valence-electron chi connectivity index (χ2n) is 8.32. The molecule has 9 heteroatoms. The Morgan fingerprint density at radius 2 is 2.00 bits per heavy atom. The number of hydrogen-bond acceptors (Lipinski definition) is 5. The van der Waals surface area contributed by atoms with E-state index in [2.05, 4.69) is 42.8 Å². The van der Waals surface area contributed by atoms with E-state index in [1.54, 1.807) is 37.6 Å². The molecule has 5 rings (SSSR count). The first kappa shape index (κ1) is 22.0. The maximum absolute atomic E-state index is 12.8. The molecule has 2 atom stereocenters. The van der Waals surface area contributed by atoms with E-state index < -0.39 is 0 Å². The molecule has 34 heavy (non-hydrogen) atoms. The Bertz CT molecular complexity index is 1270. The predicted molar refractivity (Wildman–Crippen MR) is 134 cm³/mol. The van der Waals surface area contributed by atoms with Crippen molar-refractivity contribution in [3.8, 4) is 5.75 Å². The predicted octanol–water partition coefficient (Wildman–Crippen LogP) is 4.80. The molecule has 3 N–H and O–H groups in total. The summed E-state index contributed by atoms with van der Waals surface area (Å²) >= 11 is 5.95. The Hall–Kier alpha value is -3.78. The first-order valence-corrected chi connectivity index (χ1v) is 11.5. The summed E-state index contributed by atoms with van der Waals surface area (Å²) < 4.78 is 5.28. The lowest BCUT2D eigenvalue weighted by atomic mass is 9.88. The van der Waals surface area contributed by atoms with Gasteiger partial charge in [0.15, 0.2) is 0 Å². The van der Waals surface area contributed by atoms with E-state index in [1.807, 2.05) is 24.4 Å². The number of urea groups is 1. The summed E-state index contributed by atoms with van der Waals surface area (Å²) in [6, 6.07) is 16.9. The van der Waals surface area contributed by atoms with Crippen LogP contribution in [0.1, 0.15) is 18.0 Å². The van der Waals surface area contributed by atoms with E-state index in [4.69, 9.17) is 16.3 Å². The van der Waals surface area contributed by atoms with E-state index in [9.17, 15) is 4.79 Å². The maximum Gasteiger partial charge on any atom is 0.319 e. The lowest BCUT2D eigenvalue weighted by molar-refractivity contribution is 0.243. The number of methoxy groups -OCH3 is 1. The SMILES string of the molecule is COc1ccc(C2CN(c3ccc4[nH]ncc4c3)CCC2NC(=O)Nc2ccc(Cl)cc2)nc1. The Morgan fingerprint density at radius 1 is 1.15 bits per heavy atom. The van der Waals surface area contributed by atoms with Gasteiger partial charge in [0.1, 0.15) is 5.75 Å². The average molecular weight is 477 g/mol. The number of halogens is 1. The van der Waals surface area contributed by atoms with E-state index in [1.165, 1.54) is 0 Å². The number of nitrogens with zero attached hydrogens (tertiary/aromatic N) is 3. The highest BCUT2D eigenvalue weighted by Gasteiger charge is 2.33. The van der Waals surface area contributed by atoms with Crippen LogP contribution in [0, 0.1) is 0 Å². The molecular formula is C25H25ClN6O2. The highest BCUT2D eigenvalue weighted by Crippen LogP contribution is 2.31. The summed E-state index contributed by atoms with van der Waals surface area (Å²) in [5.41, 5.74) is 3.72. The minimum Gasteiger partial charge on any atom is -0.495 e. The van der Waals surface area contributed by atoms with Crippen molar-refractivity contribution in [3.05, 3.63) is 77.7 Å². The Labute approximate surface area is 202 Å². The molecule has 0 bridgehead atoms. The average Bonchev–Trinajstić information content (AvgIpc) is 3.34. The molecule has 8 nitrogen and oxygen atoms in total. The number of piperidine rings is 1. The van der Waals surface area contributed by atoms with Gasteiger partial charge in [0.2, 0.25) is 0 Å². The van der Waals surface area contributed by atoms with Crippen molar-refractivity contribution in [2.45, 2.75) is 18.4 Å². The fourth-order valence-corrected chi connectivity index (χ4v) is 4.51. The van der Waals surface area contributed by atoms with Crippen LogP contribution < -0.4 is 20.3 Å². The molecule has 0 radical (unpaired) electrons. The molecule has 1 saturated heterocycles. The third-order valence-corrected chi connectivity index (χ3v) is 6.45. The summed E-state index contributed by atoms with van der Waals surface area (Å²) in [4.78, 5) is 19.8. The van der Waals surface area contributed by atoms with Crippen molar-refractivity contribution >= 4 is 39.9 Å². The number of carbonyl (C=O) groups excluding carboxylic acids is 1. The third-order valence-electron chi connectivity index (χ3n) is 6.20. The number of hydrogen-bond donors (Lipinski definition) is 3. The van der Waals surface area contributed by atoms with Gasteiger partial charge < -0.3 is 20.3 Å². The Kier molecular flexibility index (Phi) is 6.22. The van der Waals surface area contributed by atoms with E-state index in [0.717, 1.165) is 35.2 Å². The number of ether oxygens (including phenoxy) is 1. The van der Waals surface area contributed by atoms with Gasteiger partial charge in [-0.1, -0.05) is 11.6 Å². The molecular weight excluding hydrogens is 452 g/mol. The number of nitrogens with one attached hydrogen (secondary N) is 3. The zero-order valence-corrected chi connectivity index (χ0v) is 19.4. The molecule has 0 saturated carbocycles. The minimum atomic E-state index is -0.251. The molecule has 1 aliphatic heterocycles. The molecule has 1 fully saturated rings. The van der Waals surface area contributed by atoms with Crippen LogP contribution in [0.25, 0.3) is 10.9 Å². The summed E-state index contributed by atoms with van der Waals surface area (Å²) in [5.74, 6) is 0.697. The van der Waals surface area contributed by atoms with E-state index in [-0.39, 0.29) is 18.0 Å². The van der Waals surface area contributed by atoms with Crippen LogP contribution in [0.3, 0.4) is 0 Å². The minimum absolute atomic E-state index is 0.00401. The van der Waals surface area contributed by atoms with Crippen molar-refractivity contribution in [2.24, 2.45) is 0 Å². The lowest BCUT2D eigenvalue weighted by Gasteiger charge is -2.40. The Balaban J connectivity index is 1.36. The number of aromatic amines is 1. The molecule has 0 aliphatic carbocycles. The second kappa shape index (κ2) is 9.61. The van der Waals surface area contributed by atoms with Crippen molar-refractivity contribution in [1.82, 2.24) is 20.5 Å². The quantitative estimate of drug-likeness (QED) is 0.384. The number of carbonyl (C=O) groups is 1. The summed E-state index contributed by atoms with van der Waals surface area (Å²) in [7, 11) is 1.62. The van der Waals surface area contributed by atoms with Crippen LogP contribution in [-0.2, 0) is 0 Å². The van der Waals surface area contributed by atoms with Gasteiger partial charge in [0, 0.05) is 52.5 Å². The van der Waals surface area contributed by atoms with Crippen LogP contribution in [0.5, 0.6) is 5.75 Å². The molecule has 2 aromatic heterocycles. The van der Waals surface area contributed by atoms with Crippen molar-refractivity contribution < 1.29 is 9.53 Å². The van der Waals surface area contributed by atoms with Gasteiger partial charge in [-0.15, -0.1) is 0 Å². The molecule has 1 aliphatic rings. The topological polar surface area (TPSA) is 95.2 Å². The molecule has 2 amide bonds. The molecule has 2 aromatic carbocycles. The van der Waals surface area contributed by atoms with Gasteiger partial charge in [-0.05, 0) is 61.0 Å². The van der Waals surface area contributed by atoms with Crippen molar-refractivity contribution in [3.63, 3.8) is 0 Å². The Morgan fingerprint density at radius 3 is 2.76 bits per heavy atom. The number of aromatic nitrogens is 3. The first-order chi connectivity index (χ1) is 16.6. The second-order valence-corrected chi connectivity index (χ2v) is 8.75. The zero-order chi connectivity index (χ0) is 23.5. The molecule has 0 spiro atoms. The number of benzene rings is 2. The monoisotopic (exact) mass is 476 g/mol. The highest BCUT2D eigenvalue weighted by atomic mass is 35.5. The lowest BCUT2D eigenvalue weighted by Crippen LogP contribution is -2.51. The first-order valence-electron chi connectivity index (χ1n) is 11.1. The number of rotatable bonds is 5. The molecule has 174 valence electrons. The molecule has 2 unspecified atom stereocenters. The standard InChI is InChI=1S/C25H25ClN6O2/c1-34-20-7-9-23(27-14-20)21-15-32(19-6-8-22-16(12-19)13-28-31-22)11-10-24(21)30-25(33)29-18-4-2-17(26)3-5-18/h2-9,12-14,21,24H,10-11,15H2,1H3,(H,28,31)(H2,29,30,33). The zero-order valence-electron chi connectivity index (χ0n) is 18.7. The van der Waals surface area contributed by atoms with Crippen LogP contribution >= 0.6 is 11.6 Å². The number of H-pyrrole nitrogens is 1. The number of anilines is 2. The van der Waals surface area contributed by atoms with Crippen LogP contribution in [0.2, 0.25) is 5.02 Å². The third kappa shape index (κ3) is 4.77. The van der Waals surface area contributed by atoms with E-state index >= 15 is 0 Å². The normalized spacial score (nSPS) is 18.0. The summed E-state index contributed by atoms with van der Waals surface area (Å²) in [6.07, 6.45) is 4.32. The molecule has 4 aromatic rings. The summed E-state index contributed by atoms with van der Waals surface area (Å²) in [5, 5.41) is 14.9. The van der Waals surface area contributed by atoms with Crippen LogP contribution in [-0.4, -0.2) is 47.5 Å². The van der Waals surface area contributed by atoms with Gasteiger partial charge in [0.05, 0.1) is 25.0 Å². The van der Waals surface area contributed by atoms with Gasteiger partial charge in [-0.25, -0.2) is 4.79 Å². The van der Waals surface area contributed by atoms with Crippen LogP contribution in [0.4, 0.5) is 16.2 Å². The van der Waals surface area contributed by atoms with E-state index in [0.29, 0.717) is 23.0 Å². The summed E-state index contributed by atoms with van der Waals surface area (Å²) in [6.45, 7) is 1.52. The largest absolute Gasteiger partial charge is 0.495 e. The molecule has 3 heterocycles. The fraction of sp³-hybridized carbons (Fsp3) is 0.240. The maximum atomic E-state index is 12.8. The van der Waals surface area contributed by atoms with Gasteiger partial charge in [-0.3, -0.25) is 10.1 Å². The highest BCUT2D eigenvalue weighted by molar-refractivity contribution is 6.30. The van der Waals surface area contributed by atoms with Crippen LogP contribution in [0.15, 0.2) is 67.0 Å². The van der Waals surface area contributed by atoms with Crippen molar-refractivity contribution in [1.29, 1.82) is 0 Å². The number of fused-ring (bicyclic) bond motifs is 1. The fourth-order valence-electron chi connectivity index (χ4n) is 4.39. The number of amides is 2. The smallest absolute Gasteiger partial charge is 0.319 e.